The third-order valence-electron chi connectivity index (χ3n) is 10.8. The topological polar surface area (TPSA) is 6.48 Å². The molecule has 0 heterocycles. The van der Waals surface area contributed by atoms with Gasteiger partial charge in [0.2, 0.25) is 0 Å². The molecule has 0 unspecified atom stereocenters. The largest absolute Gasteiger partial charge is 0.310 e. The molecular weight excluding hydrogens is 677 g/mol. The van der Waals surface area contributed by atoms with Gasteiger partial charge < -0.3 is 9.80 Å². The van der Waals surface area contributed by atoms with Gasteiger partial charge in [-0.2, -0.15) is 0 Å². The Morgan fingerprint density at radius 3 is 0.929 bits per heavy atom. The summed E-state index contributed by atoms with van der Waals surface area (Å²) in [5, 5.41) is 7.38. The average Bonchev–Trinajstić information content (AvgIpc) is 3.17. The number of aryl methyl sites for hydroxylation is 2. The van der Waals surface area contributed by atoms with Crippen molar-refractivity contribution in [2.75, 3.05) is 9.80 Å². The maximum absolute atomic E-state index is 2.45. The van der Waals surface area contributed by atoms with E-state index in [1.807, 2.05) is 0 Å². The lowest BCUT2D eigenvalue weighted by Crippen LogP contribution is -2.13. The van der Waals surface area contributed by atoms with E-state index >= 15 is 0 Å². The maximum Gasteiger partial charge on any atom is 0.0546 e. The molecule has 0 aliphatic rings. The quantitative estimate of drug-likeness (QED) is 0.144. The molecule has 8 aromatic rings. The minimum absolute atomic E-state index is 0.220. The van der Waals surface area contributed by atoms with Crippen LogP contribution < -0.4 is 9.80 Å². The Kier molecular flexibility index (Phi) is 9.71. The molecule has 56 heavy (non-hydrogen) atoms. The molecule has 280 valence electrons. The second-order valence-corrected chi connectivity index (χ2v) is 18.1. The molecule has 2 heteroatoms. The zero-order valence-electron chi connectivity index (χ0n) is 34.3. The van der Waals surface area contributed by atoms with Crippen LogP contribution in [0.15, 0.2) is 158 Å². The molecule has 0 spiro atoms. The Hall–Kier alpha value is -5.86. The van der Waals surface area contributed by atoms with Gasteiger partial charge in [-0.15, -0.1) is 0 Å². The lowest BCUT2D eigenvalue weighted by Gasteiger charge is -2.30. The fourth-order valence-corrected chi connectivity index (χ4v) is 8.28. The Labute approximate surface area is 334 Å². The molecule has 0 saturated carbocycles. The van der Waals surface area contributed by atoms with E-state index in [0.717, 1.165) is 35.6 Å². The summed E-state index contributed by atoms with van der Waals surface area (Å²) in [6.45, 7) is 18.1. The van der Waals surface area contributed by atoms with Crippen LogP contribution in [0.2, 0.25) is 0 Å². The normalized spacial score (nSPS) is 12.1. The van der Waals surface area contributed by atoms with Gasteiger partial charge in [-0.05, 0) is 131 Å². The van der Waals surface area contributed by atoms with Crippen molar-refractivity contribution in [1.29, 1.82) is 0 Å². The van der Waals surface area contributed by atoms with Crippen molar-refractivity contribution in [2.24, 2.45) is 10.8 Å². The molecule has 0 saturated heterocycles. The second kappa shape index (κ2) is 14.7. The number of benzene rings is 8. The van der Waals surface area contributed by atoms with Gasteiger partial charge in [-0.3, -0.25) is 0 Å². The zero-order chi connectivity index (χ0) is 39.2. The summed E-state index contributed by atoms with van der Waals surface area (Å²) < 4.78 is 0. The van der Waals surface area contributed by atoms with Crippen molar-refractivity contribution in [1.82, 2.24) is 0 Å². The van der Waals surface area contributed by atoms with E-state index in [1.54, 1.807) is 0 Å². The molecule has 0 radical (unpaired) electrons. The van der Waals surface area contributed by atoms with Crippen LogP contribution in [0.4, 0.5) is 34.1 Å². The van der Waals surface area contributed by atoms with Crippen LogP contribution in [0.5, 0.6) is 0 Å². The van der Waals surface area contributed by atoms with Gasteiger partial charge >= 0.3 is 0 Å². The summed E-state index contributed by atoms with van der Waals surface area (Å²) in [6, 6.07) is 59.1. The smallest absolute Gasteiger partial charge is 0.0546 e. The number of fused-ring (bicyclic) bond motifs is 5. The van der Waals surface area contributed by atoms with Crippen LogP contribution in [0.25, 0.3) is 32.3 Å². The van der Waals surface area contributed by atoms with E-state index in [-0.39, 0.29) is 10.8 Å². The molecule has 8 aromatic carbocycles. The molecule has 0 fully saturated rings. The van der Waals surface area contributed by atoms with Gasteiger partial charge in [0.05, 0.1) is 11.4 Å². The van der Waals surface area contributed by atoms with Crippen molar-refractivity contribution >= 4 is 66.4 Å². The van der Waals surface area contributed by atoms with E-state index in [1.165, 1.54) is 65.9 Å². The second-order valence-electron chi connectivity index (χ2n) is 18.1. The number of rotatable bonds is 8. The summed E-state index contributed by atoms with van der Waals surface area (Å²) in [5.74, 6) is 0. The first-order chi connectivity index (χ1) is 26.8. The van der Waals surface area contributed by atoms with E-state index in [4.69, 9.17) is 0 Å². The first kappa shape index (κ1) is 37.1. The van der Waals surface area contributed by atoms with Gasteiger partial charge in [0.25, 0.3) is 0 Å². The van der Waals surface area contributed by atoms with Crippen LogP contribution in [0.3, 0.4) is 0 Å². The third kappa shape index (κ3) is 7.66. The van der Waals surface area contributed by atoms with E-state index in [0.29, 0.717) is 0 Å². The SMILES string of the molecule is Cc1ccc(N(c2ccc(CC(C)(C)C)cc2)c2cc3c4ccccc4c(N(c4ccc(C)cc4)c4ccc(CC(C)(C)C)cc4)cc3c3ccccc23)cc1. The first-order valence-corrected chi connectivity index (χ1v) is 20.1. The van der Waals surface area contributed by atoms with Crippen molar-refractivity contribution in [2.45, 2.75) is 68.2 Å². The standard InChI is InChI=1S/C54H54N2/c1-37-17-25-41(26-18-37)55(43-29-21-39(22-30-43)35-53(3,4)5)51-33-49-46-14-10-12-16-48(46)52(34-50(49)45-13-9-11-15-47(45)51)56(42-27-19-38(2)20-28-42)44-31-23-40(24-32-44)36-54(6,7)8/h9-34H,35-36H2,1-8H3. The summed E-state index contributed by atoms with van der Waals surface area (Å²) in [6.07, 6.45) is 2.07. The van der Waals surface area contributed by atoms with Crippen molar-refractivity contribution in [3.63, 3.8) is 0 Å². The minimum atomic E-state index is 0.220. The van der Waals surface area contributed by atoms with Crippen molar-refractivity contribution in [3.05, 3.63) is 180 Å². The number of anilines is 6. The lowest BCUT2D eigenvalue weighted by molar-refractivity contribution is 0.411. The molecule has 0 bridgehead atoms. The Bertz CT molecular complexity index is 2450. The van der Waals surface area contributed by atoms with Gasteiger partial charge in [-0.1, -0.05) is 150 Å². The summed E-state index contributed by atoms with van der Waals surface area (Å²) in [5.41, 5.74) is 12.6. The number of nitrogens with zero attached hydrogens (tertiary/aromatic N) is 2. The minimum Gasteiger partial charge on any atom is -0.310 e. The third-order valence-corrected chi connectivity index (χ3v) is 10.8. The lowest BCUT2D eigenvalue weighted by atomic mass is 9.88. The highest BCUT2D eigenvalue weighted by molar-refractivity contribution is 6.24. The molecule has 0 atom stereocenters. The zero-order valence-corrected chi connectivity index (χ0v) is 34.3. The van der Waals surface area contributed by atoms with Crippen LogP contribution in [0.1, 0.15) is 63.8 Å². The number of hydrogen-bond acceptors (Lipinski definition) is 2. The van der Waals surface area contributed by atoms with Crippen LogP contribution >= 0.6 is 0 Å². The molecular formula is C54H54N2. The average molecular weight is 731 g/mol. The molecule has 8 rings (SSSR count). The predicted octanol–water partition coefficient (Wildman–Crippen LogP) is 15.9. The van der Waals surface area contributed by atoms with Gasteiger partial charge in [0, 0.05) is 33.5 Å². The number of hydrogen-bond donors (Lipinski definition) is 0. The molecule has 0 aliphatic heterocycles. The summed E-state index contributed by atoms with van der Waals surface area (Å²) in [4.78, 5) is 4.89. The Morgan fingerprint density at radius 1 is 0.339 bits per heavy atom. The maximum atomic E-state index is 2.45. The predicted molar refractivity (Wildman–Crippen MR) is 244 cm³/mol. The molecule has 0 aromatic heterocycles. The Morgan fingerprint density at radius 2 is 0.625 bits per heavy atom. The molecule has 0 amide bonds. The van der Waals surface area contributed by atoms with Gasteiger partial charge in [-0.25, -0.2) is 0 Å². The van der Waals surface area contributed by atoms with E-state index < -0.39 is 0 Å². The monoisotopic (exact) mass is 730 g/mol. The van der Waals surface area contributed by atoms with Crippen molar-refractivity contribution in [3.8, 4) is 0 Å². The highest BCUT2D eigenvalue weighted by Crippen LogP contribution is 2.47. The van der Waals surface area contributed by atoms with Gasteiger partial charge in [0.15, 0.2) is 0 Å². The Balaban J connectivity index is 1.38. The molecule has 2 nitrogen and oxygen atoms in total. The summed E-state index contributed by atoms with van der Waals surface area (Å²) >= 11 is 0. The van der Waals surface area contributed by atoms with Crippen LogP contribution in [0, 0.1) is 24.7 Å². The van der Waals surface area contributed by atoms with Crippen LogP contribution in [-0.2, 0) is 12.8 Å². The summed E-state index contributed by atoms with van der Waals surface area (Å²) in [7, 11) is 0. The van der Waals surface area contributed by atoms with E-state index in [9.17, 15) is 0 Å². The molecule has 0 N–H and O–H groups in total. The van der Waals surface area contributed by atoms with Gasteiger partial charge in [0.1, 0.15) is 0 Å². The van der Waals surface area contributed by atoms with Crippen molar-refractivity contribution < 1.29 is 0 Å². The van der Waals surface area contributed by atoms with E-state index in [2.05, 4.69) is 223 Å². The fraction of sp³-hybridized carbons (Fsp3) is 0.222. The first-order valence-electron chi connectivity index (χ1n) is 20.1. The van der Waals surface area contributed by atoms with Crippen LogP contribution in [-0.4, -0.2) is 0 Å². The highest BCUT2D eigenvalue weighted by atomic mass is 15.1. The molecule has 0 aliphatic carbocycles. The highest BCUT2D eigenvalue weighted by Gasteiger charge is 2.23. The fourth-order valence-electron chi connectivity index (χ4n) is 8.28.